The van der Waals surface area contributed by atoms with Crippen LogP contribution in [0.4, 0.5) is 0 Å². The largest absolute Gasteiger partial charge is 0.449 e. The number of aromatic nitrogens is 2. The number of hydrogen-bond acceptors (Lipinski definition) is 7. The molecule has 0 saturated heterocycles. The van der Waals surface area contributed by atoms with Crippen molar-refractivity contribution in [2.45, 2.75) is 0 Å². The average Bonchev–Trinajstić information content (AvgIpc) is 3.16. The zero-order valence-corrected chi connectivity index (χ0v) is 14.8. The van der Waals surface area contributed by atoms with Gasteiger partial charge < -0.3 is 23.8 Å². The van der Waals surface area contributed by atoms with Gasteiger partial charge in [-0.1, -0.05) is 30.3 Å². The minimum Gasteiger partial charge on any atom is -0.449 e. The van der Waals surface area contributed by atoms with Crippen LogP contribution in [0.15, 0.2) is 30.3 Å². The zero-order chi connectivity index (χ0) is 18.4. The van der Waals surface area contributed by atoms with Crippen LogP contribution in [0.2, 0.25) is 0 Å². The second kappa shape index (κ2) is 8.59. The van der Waals surface area contributed by atoms with Gasteiger partial charge in [0.05, 0.1) is 13.2 Å². The quantitative estimate of drug-likeness (QED) is 0.708. The molecule has 0 aliphatic carbocycles. The van der Waals surface area contributed by atoms with Crippen LogP contribution in [0, 0.1) is 0 Å². The maximum Gasteiger partial charge on any atom is 0.276 e. The molecule has 0 spiro atoms. The molecule has 2 aromatic rings. The molecule has 1 aromatic carbocycles. The maximum absolute atomic E-state index is 13.1. The number of nitrogens with zero attached hydrogens (tertiary/aromatic N) is 3. The van der Waals surface area contributed by atoms with Gasteiger partial charge in [0.2, 0.25) is 12.5 Å². The number of amides is 1. The molecule has 1 aliphatic rings. The molecule has 2 heterocycles. The molecular formula is C18H21N3O5. The van der Waals surface area contributed by atoms with Gasteiger partial charge in [-0.2, -0.15) is 4.98 Å². The Morgan fingerprint density at radius 2 is 1.77 bits per heavy atom. The van der Waals surface area contributed by atoms with Gasteiger partial charge in [-0.05, 0) is 0 Å². The van der Waals surface area contributed by atoms with Crippen LogP contribution in [0.1, 0.15) is 10.5 Å². The lowest BCUT2D eigenvalue weighted by Crippen LogP contribution is -2.37. The number of fused-ring (bicyclic) bond motifs is 1. The molecule has 3 rings (SSSR count). The van der Waals surface area contributed by atoms with Gasteiger partial charge in [0.15, 0.2) is 11.5 Å². The molecule has 8 heteroatoms. The number of benzene rings is 1. The smallest absolute Gasteiger partial charge is 0.276 e. The number of rotatable bonds is 8. The van der Waals surface area contributed by atoms with Crippen molar-refractivity contribution in [3.05, 3.63) is 36.0 Å². The van der Waals surface area contributed by atoms with E-state index in [2.05, 4.69) is 9.97 Å². The van der Waals surface area contributed by atoms with Gasteiger partial charge in [0.25, 0.3) is 11.8 Å². The van der Waals surface area contributed by atoms with Crippen molar-refractivity contribution in [1.29, 1.82) is 0 Å². The van der Waals surface area contributed by atoms with Crippen molar-refractivity contribution in [3.63, 3.8) is 0 Å². The van der Waals surface area contributed by atoms with Crippen LogP contribution < -0.4 is 9.47 Å². The number of methoxy groups -OCH3 is 2. The first-order valence-corrected chi connectivity index (χ1v) is 8.24. The van der Waals surface area contributed by atoms with Crippen molar-refractivity contribution in [2.24, 2.45) is 0 Å². The van der Waals surface area contributed by atoms with Gasteiger partial charge in [-0.25, -0.2) is 4.98 Å². The monoisotopic (exact) mass is 359 g/mol. The Labute approximate surface area is 151 Å². The predicted octanol–water partition coefficient (Wildman–Crippen LogP) is 1.61. The standard InChI is InChI=1S/C18H21N3O5/c1-23-10-8-21(9-11-24-2)18(22)14-15-17(26-12-25-15)20-16(19-14)13-6-4-3-5-7-13/h3-7H,8-12H2,1-2H3. The molecule has 0 saturated carbocycles. The van der Waals surface area contributed by atoms with E-state index in [9.17, 15) is 4.79 Å². The molecule has 138 valence electrons. The fourth-order valence-electron chi connectivity index (χ4n) is 2.53. The Balaban J connectivity index is 1.96. The molecule has 0 radical (unpaired) electrons. The summed E-state index contributed by atoms with van der Waals surface area (Å²) in [7, 11) is 3.18. The van der Waals surface area contributed by atoms with E-state index in [-0.39, 0.29) is 30.0 Å². The predicted molar refractivity (Wildman–Crippen MR) is 93.2 cm³/mol. The minimum atomic E-state index is -0.277. The molecule has 1 aliphatic heterocycles. The topological polar surface area (TPSA) is 83.0 Å². The fourth-order valence-corrected chi connectivity index (χ4v) is 2.53. The van der Waals surface area contributed by atoms with E-state index >= 15 is 0 Å². The van der Waals surface area contributed by atoms with Gasteiger partial charge in [0, 0.05) is 32.9 Å². The van der Waals surface area contributed by atoms with Crippen molar-refractivity contribution >= 4 is 5.91 Å². The summed E-state index contributed by atoms with van der Waals surface area (Å²) in [6, 6.07) is 9.42. The van der Waals surface area contributed by atoms with E-state index < -0.39 is 0 Å². The van der Waals surface area contributed by atoms with E-state index in [0.29, 0.717) is 32.1 Å². The van der Waals surface area contributed by atoms with Crippen molar-refractivity contribution < 1.29 is 23.7 Å². The first kappa shape index (κ1) is 18.1. The summed E-state index contributed by atoms with van der Waals surface area (Å²) in [5.74, 6) is 0.687. The first-order valence-electron chi connectivity index (χ1n) is 8.24. The Hall–Kier alpha value is -2.71. The summed E-state index contributed by atoms with van der Waals surface area (Å²) in [4.78, 5) is 23.5. The lowest BCUT2D eigenvalue weighted by Gasteiger charge is -2.22. The molecule has 0 atom stereocenters. The first-order chi connectivity index (χ1) is 12.7. The van der Waals surface area contributed by atoms with Crippen molar-refractivity contribution in [2.75, 3.05) is 47.3 Å². The van der Waals surface area contributed by atoms with Crippen molar-refractivity contribution in [1.82, 2.24) is 14.9 Å². The number of hydrogen-bond donors (Lipinski definition) is 0. The van der Waals surface area contributed by atoms with Crippen LogP contribution in [0.5, 0.6) is 11.6 Å². The third-order valence-corrected chi connectivity index (χ3v) is 3.89. The maximum atomic E-state index is 13.1. The second-order valence-electron chi connectivity index (χ2n) is 5.58. The Morgan fingerprint density at radius 3 is 2.42 bits per heavy atom. The number of carbonyl (C=O) groups is 1. The molecule has 8 nitrogen and oxygen atoms in total. The average molecular weight is 359 g/mol. The van der Waals surface area contributed by atoms with Crippen LogP contribution >= 0.6 is 0 Å². The van der Waals surface area contributed by atoms with Crippen LogP contribution in [-0.4, -0.2) is 68.1 Å². The van der Waals surface area contributed by atoms with E-state index in [4.69, 9.17) is 18.9 Å². The number of ether oxygens (including phenoxy) is 4. The lowest BCUT2D eigenvalue weighted by atomic mass is 10.2. The third-order valence-electron chi connectivity index (χ3n) is 3.89. The second-order valence-corrected chi connectivity index (χ2v) is 5.58. The molecule has 1 aromatic heterocycles. The van der Waals surface area contributed by atoms with E-state index in [1.807, 2.05) is 30.3 Å². The summed E-state index contributed by atoms with van der Waals surface area (Å²) >= 11 is 0. The fraction of sp³-hybridized carbons (Fsp3) is 0.389. The van der Waals surface area contributed by atoms with E-state index in [1.165, 1.54) is 0 Å². The Morgan fingerprint density at radius 1 is 1.08 bits per heavy atom. The molecule has 0 fully saturated rings. The lowest BCUT2D eigenvalue weighted by molar-refractivity contribution is 0.0617. The summed E-state index contributed by atoms with van der Waals surface area (Å²) in [5, 5.41) is 0. The highest BCUT2D eigenvalue weighted by Gasteiger charge is 2.30. The zero-order valence-electron chi connectivity index (χ0n) is 14.8. The molecule has 0 bridgehead atoms. The van der Waals surface area contributed by atoms with Crippen molar-refractivity contribution in [3.8, 4) is 23.0 Å². The van der Waals surface area contributed by atoms with Gasteiger partial charge in [-0.15, -0.1) is 0 Å². The minimum absolute atomic E-state index is 0.0126. The molecule has 26 heavy (non-hydrogen) atoms. The van der Waals surface area contributed by atoms with Crippen LogP contribution in [-0.2, 0) is 9.47 Å². The summed E-state index contributed by atoms with van der Waals surface area (Å²) in [6.45, 7) is 1.66. The SMILES string of the molecule is COCCN(CCOC)C(=O)c1nc(-c2ccccc2)nc2c1OCO2. The Kier molecular flexibility index (Phi) is 5.98. The Bertz CT molecular complexity index is 746. The van der Waals surface area contributed by atoms with Crippen LogP contribution in [0.3, 0.4) is 0 Å². The van der Waals surface area contributed by atoms with E-state index in [0.717, 1.165) is 5.56 Å². The van der Waals surface area contributed by atoms with Gasteiger partial charge in [-0.3, -0.25) is 4.79 Å². The summed E-state index contributed by atoms with van der Waals surface area (Å²) < 4.78 is 21.0. The van der Waals surface area contributed by atoms with Crippen LogP contribution in [0.25, 0.3) is 11.4 Å². The van der Waals surface area contributed by atoms with E-state index in [1.54, 1.807) is 19.1 Å². The molecule has 0 unspecified atom stereocenters. The highest BCUT2D eigenvalue weighted by atomic mass is 16.7. The molecule has 0 N–H and O–H groups in total. The molecule has 1 amide bonds. The third kappa shape index (κ3) is 3.92. The number of carbonyl (C=O) groups excluding carboxylic acids is 1. The normalized spacial score (nSPS) is 12.2. The van der Waals surface area contributed by atoms with Gasteiger partial charge >= 0.3 is 0 Å². The highest BCUT2D eigenvalue weighted by molar-refractivity contribution is 5.96. The van der Waals surface area contributed by atoms with Gasteiger partial charge in [0.1, 0.15) is 0 Å². The summed E-state index contributed by atoms with van der Waals surface area (Å²) in [6.07, 6.45) is 0. The molecular weight excluding hydrogens is 338 g/mol. The summed E-state index contributed by atoms with van der Waals surface area (Å²) in [5.41, 5.74) is 0.971. The highest BCUT2D eigenvalue weighted by Crippen LogP contribution is 2.35.